The van der Waals surface area contributed by atoms with E-state index in [9.17, 15) is 14.7 Å². The van der Waals surface area contributed by atoms with Crippen molar-refractivity contribution in [1.29, 1.82) is 0 Å². The zero-order valence-corrected chi connectivity index (χ0v) is 12.2. The second-order valence-electron chi connectivity index (χ2n) is 4.55. The number of amides is 1. The normalized spacial score (nSPS) is 16.3. The van der Waals surface area contributed by atoms with Crippen LogP contribution in [0.1, 0.15) is 10.5 Å². The van der Waals surface area contributed by atoms with Crippen molar-refractivity contribution in [2.24, 2.45) is 5.73 Å². The number of carbonyl (C=O) groups is 2. The summed E-state index contributed by atoms with van der Waals surface area (Å²) >= 11 is 3.35. The molecule has 1 aromatic carbocycles. The lowest BCUT2D eigenvalue weighted by molar-refractivity contribution is -0.145. The number of hydrogen-bond acceptors (Lipinski definition) is 4. The van der Waals surface area contributed by atoms with Gasteiger partial charge in [0.05, 0.1) is 12.1 Å². The molecule has 0 saturated heterocycles. The summed E-state index contributed by atoms with van der Waals surface area (Å²) in [7, 11) is 0. The highest BCUT2D eigenvalue weighted by molar-refractivity contribution is 9.10. The van der Waals surface area contributed by atoms with Gasteiger partial charge in [-0.25, -0.2) is 9.78 Å². The molecule has 2 heterocycles. The minimum absolute atomic E-state index is 0.0389. The maximum atomic E-state index is 11.3. The van der Waals surface area contributed by atoms with Crippen molar-refractivity contribution >= 4 is 27.8 Å². The second kappa shape index (κ2) is 4.88. The van der Waals surface area contributed by atoms with Crippen LogP contribution in [0.25, 0.3) is 11.4 Å². The smallest absolute Gasteiger partial charge is 0.346 e. The van der Waals surface area contributed by atoms with Crippen LogP contribution < -0.4 is 10.5 Å². The number of benzene rings is 1. The Balaban J connectivity index is 2.22. The monoisotopic (exact) mass is 351 g/mol. The number of nitrogens with zero attached hydrogens (tertiary/aromatic N) is 2. The Bertz CT molecular complexity index is 756. The molecule has 3 N–H and O–H groups in total. The lowest BCUT2D eigenvalue weighted by Gasteiger charge is -2.13. The molecule has 1 aliphatic rings. The van der Waals surface area contributed by atoms with Gasteiger partial charge in [-0.15, -0.1) is 0 Å². The molecule has 3 rings (SSSR count). The SMILES string of the molecule is NC(=O)c1cn2c(n1)-c1cc(Br)ccc1OC(C(=O)O)C2. The van der Waals surface area contributed by atoms with Crippen LogP contribution in [0.15, 0.2) is 28.9 Å². The van der Waals surface area contributed by atoms with Gasteiger partial charge in [-0.05, 0) is 18.2 Å². The molecule has 0 spiro atoms. The zero-order chi connectivity index (χ0) is 15.1. The van der Waals surface area contributed by atoms with Crippen molar-refractivity contribution in [2.45, 2.75) is 12.6 Å². The van der Waals surface area contributed by atoms with Gasteiger partial charge in [0.25, 0.3) is 5.91 Å². The molecular weight excluding hydrogens is 342 g/mol. The average Bonchev–Trinajstić information content (AvgIpc) is 2.77. The molecule has 1 aliphatic heterocycles. The first-order valence-corrected chi connectivity index (χ1v) is 6.81. The molecule has 0 radical (unpaired) electrons. The maximum absolute atomic E-state index is 11.3. The van der Waals surface area contributed by atoms with Crippen LogP contribution >= 0.6 is 15.9 Å². The van der Waals surface area contributed by atoms with E-state index in [-0.39, 0.29) is 12.2 Å². The van der Waals surface area contributed by atoms with Gasteiger partial charge in [-0.3, -0.25) is 4.79 Å². The molecule has 108 valence electrons. The first-order chi connectivity index (χ1) is 9.95. The highest BCUT2D eigenvalue weighted by Gasteiger charge is 2.29. The number of aliphatic carboxylic acids is 1. The van der Waals surface area contributed by atoms with Crippen molar-refractivity contribution < 1.29 is 19.4 Å². The number of carboxylic acids is 1. The number of carbonyl (C=O) groups excluding carboxylic acids is 1. The number of ether oxygens (including phenoxy) is 1. The number of halogens is 1. The molecule has 0 aliphatic carbocycles. The van der Waals surface area contributed by atoms with Gasteiger partial charge >= 0.3 is 5.97 Å². The van der Waals surface area contributed by atoms with Gasteiger partial charge in [0.2, 0.25) is 6.10 Å². The Morgan fingerprint density at radius 1 is 1.48 bits per heavy atom. The summed E-state index contributed by atoms with van der Waals surface area (Å²) in [5.74, 6) is -0.916. The fourth-order valence-electron chi connectivity index (χ4n) is 2.17. The maximum Gasteiger partial charge on any atom is 0.346 e. The van der Waals surface area contributed by atoms with Crippen molar-refractivity contribution in [1.82, 2.24) is 9.55 Å². The molecule has 7 nitrogen and oxygen atoms in total. The number of aromatic nitrogens is 2. The van der Waals surface area contributed by atoms with Gasteiger partial charge in [-0.2, -0.15) is 0 Å². The van der Waals surface area contributed by atoms with Crippen molar-refractivity contribution in [3.63, 3.8) is 0 Å². The standard InChI is InChI=1S/C13H10BrN3O4/c14-6-1-2-9-7(3-6)12-16-8(11(15)18)4-17(12)5-10(21-9)13(19)20/h1-4,10H,5H2,(H2,15,18)(H,19,20). The van der Waals surface area contributed by atoms with Crippen molar-refractivity contribution in [3.05, 3.63) is 34.6 Å². The van der Waals surface area contributed by atoms with Crippen LogP contribution in [-0.4, -0.2) is 32.6 Å². The van der Waals surface area contributed by atoms with Crippen LogP contribution in [0.3, 0.4) is 0 Å². The molecule has 21 heavy (non-hydrogen) atoms. The lowest BCUT2D eigenvalue weighted by atomic mass is 10.2. The third-order valence-corrected chi connectivity index (χ3v) is 3.61. The van der Waals surface area contributed by atoms with Gasteiger partial charge in [0, 0.05) is 10.7 Å². The summed E-state index contributed by atoms with van der Waals surface area (Å²) in [4.78, 5) is 26.7. The molecule has 0 saturated carbocycles. The summed E-state index contributed by atoms with van der Waals surface area (Å²) < 4.78 is 7.87. The predicted molar refractivity (Wildman–Crippen MR) is 75.9 cm³/mol. The Hall–Kier alpha value is -2.35. The summed E-state index contributed by atoms with van der Waals surface area (Å²) in [6.07, 6.45) is 0.369. The zero-order valence-electron chi connectivity index (χ0n) is 10.6. The molecule has 0 fully saturated rings. The van der Waals surface area contributed by atoms with Gasteiger partial charge in [0.1, 0.15) is 17.3 Å². The van der Waals surface area contributed by atoms with Gasteiger partial charge in [0.15, 0.2) is 0 Å². The van der Waals surface area contributed by atoms with E-state index < -0.39 is 18.0 Å². The minimum Gasteiger partial charge on any atom is -0.478 e. The third-order valence-electron chi connectivity index (χ3n) is 3.12. The number of primary amides is 1. The van der Waals surface area contributed by atoms with Crippen LogP contribution in [0.2, 0.25) is 0 Å². The third kappa shape index (κ3) is 2.38. The van der Waals surface area contributed by atoms with Crippen LogP contribution in [-0.2, 0) is 11.3 Å². The molecule has 1 amide bonds. The summed E-state index contributed by atoms with van der Waals surface area (Å²) in [6.45, 7) is 0.0389. The molecule has 0 bridgehead atoms. The Morgan fingerprint density at radius 2 is 2.24 bits per heavy atom. The molecule has 1 atom stereocenters. The Kier molecular flexibility index (Phi) is 3.17. The van der Waals surface area contributed by atoms with Crippen molar-refractivity contribution in [3.8, 4) is 17.1 Å². The van der Waals surface area contributed by atoms with Crippen LogP contribution in [0.5, 0.6) is 5.75 Å². The Labute approximate surface area is 127 Å². The first-order valence-electron chi connectivity index (χ1n) is 6.02. The highest BCUT2D eigenvalue weighted by atomic mass is 79.9. The number of imidazole rings is 1. The van der Waals surface area contributed by atoms with E-state index in [0.717, 1.165) is 4.47 Å². The van der Waals surface area contributed by atoms with E-state index in [1.54, 1.807) is 22.8 Å². The Morgan fingerprint density at radius 3 is 2.90 bits per heavy atom. The van der Waals surface area contributed by atoms with E-state index in [0.29, 0.717) is 17.1 Å². The fourth-order valence-corrected chi connectivity index (χ4v) is 2.53. The van der Waals surface area contributed by atoms with Gasteiger partial charge < -0.3 is 20.1 Å². The van der Waals surface area contributed by atoms with E-state index in [1.165, 1.54) is 6.20 Å². The van der Waals surface area contributed by atoms with E-state index >= 15 is 0 Å². The van der Waals surface area contributed by atoms with Crippen molar-refractivity contribution in [2.75, 3.05) is 0 Å². The highest BCUT2D eigenvalue weighted by Crippen LogP contribution is 2.35. The number of rotatable bonds is 2. The minimum atomic E-state index is -1.09. The largest absolute Gasteiger partial charge is 0.478 e. The van der Waals surface area contributed by atoms with E-state index in [2.05, 4.69) is 20.9 Å². The van der Waals surface area contributed by atoms with Gasteiger partial charge in [-0.1, -0.05) is 15.9 Å². The molecular formula is C13H10BrN3O4. The topological polar surface area (TPSA) is 107 Å². The predicted octanol–water partition coefficient (Wildman–Crippen LogP) is 1.26. The quantitative estimate of drug-likeness (QED) is 0.846. The average molecular weight is 352 g/mol. The molecule has 1 unspecified atom stereocenters. The molecule has 8 heteroatoms. The molecule has 1 aromatic heterocycles. The number of hydrogen-bond donors (Lipinski definition) is 2. The lowest BCUT2D eigenvalue weighted by Crippen LogP contribution is -2.30. The fraction of sp³-hybridized carbons (Fsp3) is 0.154. The number of nitrogens with two attached hydrogens (primary N) is 1. The summed E-state index contributed by atoms with van der Waals surface area (Å²) in [5, 5.41) is 9.23. The number of fused-ring (bicyclic) bond motifs is 3. The second-order valence-corrected chi connectivity index (χ2v) is 5.47. The van der Waals surface area contributed by atoms with E-state index in [1.807, 2.05) is 0 Å². The van der Waals surface area contributed by atoms with E-state index in [4.69, 9.17) is 10.5 Å². The summed E-state index contributed by atoms with van der Waals surface area (Å²) in [5.41, 5.74) is 5.92. The molecule has 2 aromatic rings. The first kappa shape index (κ1) is 13.6. The van der Waals surface area contributed by atoms with Crippen LogP contribution in [0.4, 0.5) is 0 Å². The summed E-state index contributed by atoms with van der Waals surface area (Å²) in [6, 6.07) is 5.15. The van der Waals surface area contributed by atoms with Crippen LogP contribution in [0, 0.1) is 0 Å². The number of carboxylic acid groups (broad SMARTS) is 1.